The molecule has 0 radical (unpaired) electrons. The first kappa shape index (κ1) is 24.7. The van der Waals surface area contributed by atoms with E-state index in [4.69, 9.17) is 14.7 Å². The third-order valence-corrected chi connectivity index (χ3v) is 7.51. The molecule has 0 aliphatic carbocycles. The second-order valence-electron chi connectivity index (χ2n) is 9.15. The molecular weight excluding hydrogens is 470 g/mol. The molecule has 188 valence electrons. The molecule has 3 aromatic rings. The van der Waals surface area contributed by atoms with Crippen molar-refractivity contribution in [3.8, 4) is 11.3 Å². The summed E-state index contributed by atoms with van der Waals surface area (Å²) in [7, 11) is 0. The number of nitrogens with zero attached hydrogens (tertiary/aromatic N) is 4. The van der Waals surface area contributed by atoms with Crippen molar-refractivity contribution in [3.63, 3.8) is 0 Å². The molecule has 5 rings (SSSR count). The first-order chi connectivity index (χ1) is 17.7. The van der Waals surface area contributed by atoms with E-state index in [-0.39, 0.29) is 5.91 Å². The second-order valence-corrected chi connectivity index (χ2v) is 10.1. The van der Waals surface area contributed by atoms with E-state index in [1.54, 1.807) is 11.8 Å². The van der Waals surface area contributed by atoms with E-state index >= 15 is 0 Å². The lowest BCUT2D eigenvalue weighted by atomic mass is 10.1. The van der Waals surface area contributed by atoms with Gasteiger partial charge in [0.15, 0.2) is 5.16 Å². The van der Waals surface area contributed by atoms with E-state index in [1.165, 1.54) is 12.8 Å². The van der Waals surface area contributed by atoms with Crippen molar-refractivity contribution in [2.24, 2.45) is 0 Å². The summed E-state index contributed by atoms with van der Waals surface area (Å²) in [4.78, 5) is 26.9. The first-order valence-electron chi connectivity index (χ1n) is 12.7. The van der Waals surface area contributed by atoms with Gasteiger partial charge in [-0.15, -0.1) is 0 Å². The van der Waals surface area contributed by atoms with Gasteiger partial charge in [0.25, 0.3) is 5.91 Å². The van der Waals surface area contributed by atoms with Gasteiger partial charge in [-0.3, -0.25) is 9.69 Å². The molecule has 2 aliphatic heterocycles. The summed E-state index contributed by atoms with van der Waals surface area (Å²) in [6, 6.07) is 20.2. The van der Waals surface area contributed by atoms with Crippen LogP contribution in [0.5, 0.6) is 0 Å². The molecule has 8 heteroatoms. The molecule has 0 saturated carbocycles. The normalized spacial score (nSPS) is 16.3. The van der Waals surface area contributed by atoms with Gasteiger partial charge in [-0.1, -0.05) is 54.2 Å². The molecular formula is C28H33N5O2S. The number of nitrogens with one attached hydrogen (secondary N) is 1. The number of hydrogen-bond donors (Lipinski definition) is 1. The predicted octanol–water partition coefficient (Wildman–Crippen LogP) is 4.10. The lowest BCUT2D eigenvalue weighted by Gasteiger charge is -2.26. The summed E-state index contributed by atoms with van der Waals surface area (Å²) in [5, 5.41) is 3.81. The topological polar surface area (TPSA) is 70.6 Å². The van der Waals surface area contributed by atoms with Crippen molar-refractivity contribution in [1.82, 2.24) is 20.2 Å². The summed E-state index contributed by atoms with van der Waals surface area (Å²) in [5.41, 5.74) is 3.89. The van der Waals surface area contributed by atoms with Gasteiger partial charge in [-0.05, 0) is 30.5 Å². The molecule has 2 fully saturated rings. The molecule has 2 aromatic carbocycles. The van der Waals surface area contributed by atoms with Crippen molar-refractivity contribution < 1.29 is 9.53 Å². The van der Waals surface area contributed by atoms with Crippen LogP contribution in [0.2, 0.25) is 0 Å². The predicted molar refractivity (Wildman–Crippen MR) is 145 cm³/mol. The largest absolute Gasteiger partial charge is 0.379 e. The molecule has 0 spiro atoms. The molecule has 0 atom stereocenters. The van der Waals surface area contributed by atoms with Gasteiger partial charge in [0.1, 0.15) is 5.82 Å². The number of amides is 1. The summed E-state index contributed by atoms with van der Waals surface area (Å²) >= 11 is 1.63. The quantitative estimate of drug-likeness (QED) is 0.348. The summed E-state index contributed by atoms with van der Waals surface area (Å²) in [6.45, 7) is 7.00. The Labute approximate surface area is 217 Å². The standard InChI is InChI=1S/C28H33N5O2S/c34-27(29-12-15-32-16-18-35-19-17-32)24-10-8-22(9-11-24)21-36-28-30-25(23-6-2-1-3-7-23)20-26(31-28)33-13-4-5-14-33/h1-3,6-11,20H,4-5,12-19,21H2,(H,29,34). The number of aromatic nitrogens is 2. The van der Waals surface area contributed by atoms with E-state index in [1.807, 2.05) is 42.5 Å². The zero-order valence-electron chi connectivity index (χ0n) is 20.6. The zero-order valence-corrected chi connectivity index (χ0v) is 21.4. The summed E-state index contributed by atoms with van der Waals surface area (Å²) < 4.78 is 5.37. The molecule has 1 amide bonds. The SMILES string of the molecule is O=C(NCCN1CCOCC1)c1ccc(CSc2nc(-c3ccccc3)cc(N3CCCC3)n2)cc1. The van der Waals surface area contributed by atoms with Gasteiger partial charge in [0.2, 0.25) is 0 Å². The van der Waals surface area contributed by atoms with Crippen LogP contribution in [-0.2, 0) is 10.5 Å². The molecule has 3 heterocycles. The Bertz CT molecular complexity index is 1130. The minimum Gasteiger partial charge on any atom is -0.379 e. The highest BCUT2D eigenvalue weighted by atomic mass is 32.2. The number of hydrogen-bond acceptors (Lipinski definition) is 7. The minimum absolute atomic E-state index is 0.0309. The van der Waals surface area contributed by atoms with Gasteiger partial charge in [0, 0.05) is 62.2 Å². The first-order valence-corrected chi connectivity index (χ1v) is 13.7. The maximum atomic E-state index is 12.5. The van der Waals surface area contributed by atoms with E-state index in [2.05, 4.69) is 33.3 Å². The molecule has 1 N–H and O–H groups in total. The summed E-state index contributed by atoms with van der Waals surface area (Å²) in [5.74, 6) is 1.72. The third-order valence-electron chi connectivity index (χ3n) is 6.59. The van der Waals surface area contributed by atoms with Crippen LogP contribution in [0, 0.1) is 0 Å². The highest BCUT2D eigenvalue weighted by molar-refractivity contribution is 7.98. The highest BCUT2D eigenvalue weighted by Crippen LogP contribution is 2.29. The number of carbonyl (C=O) groups is 1. The minimum atomic E-state index is -0.0309. The van der Waals surface area contributed by atoms with Crippen molar-refractivity contribution in [1.29, 1.82) is 0 Å². The van der Waals surface area contributed by atoms with Gasteiger partial charge in [-0.2, -0.15) is 0 Å². The molecule has 7 nitrogen and oxygen atoms in total. The Balaban J connectivity index is 1.19. The van der Waals surface area contributed by atoms with Crippen LogP contribution < -0.4 is 10.2 Å². The Kier molecular flexibility index (Phi) is 8.48. The lowest BCUT2D eigenvalue weighted by molar-refractivity contribution is 0.0383. The number of rotatable bonds is 9. The number of ether oxygens (including phenoxy) is 1. The average Bonchev–Trinajstić information content (AvgIpc) is 3.48. The van der Waals surface area contributed by atoms with Crippen LogP contribution in [0.25, 0.3) is 11.3 Å². The van der Waals surface area contributed by atoms with Crippen LogP contribution in [0.3, 0.4) is 0 Å². The maximum Gasteiger partial charge on any atom is 0.251 e. The molecule has 2 saturated heterocycles. The second kappa shape index (κ2) is 12.3. The monoisotopic (exact) mass is 503 g/mol. The van der Waals surface area contributed by atoms with Crippen molar-refractivity contribution in [2.75, 3.05) is 57.4 Å². The van der Waals surface area contributed by atoms with E-state index < -0.39 is 0 Å². The van der Waals surface area contributed by atoms with Crippen LogP contribution in [0.4, 0.5) is 5.82 Å². The Morgan fingerprint density at radius 3 is 2.44 bits per heavy atom. The zero-order chi connectivity index (χ0) is 24.6. The molecule has 0 bridgehead atoms. The van der Waals surface area contributed by atoms with E-state index in [0.29, 0.717) is 12.1 Å². The lowest BCUT2D eigenvalue weighted by Crippen LogP contribution is -2.41. The summed E-state index contributed by atoms with van der Waals surface area (Å²) in [6.07, 6.45) is 2.42. The van der Waals surface area contributed by atoms with Gasteiger partial charge >= 0.3 is 0 Å². The Hall–Kier alpha value is -2.94. The van der Waals surface area contributed by atoms with E-state index in [0.717, 1.165) is 79.5 Å². The van der Waals surface area contributed by atoms with Crippen LogP contribution in [0.1, 0.15) is 28.8 Å². The number of carbonyl (C=O) groups excluding carboxylic acids is 1. The number of benzene rings is 2. The van der Waals surface area contributed by atoms with Crippen LogP contribution in [-0.4, -0.2) is 73.3 Å². The smallest absolute Gasteiger partial charge is 0.251 e. The molecule has 36 heavy (non-hydrogen) atoms. The highest BCUT2D eigenvalue weighted by Gasteiger charge is 2.17. The van der Waals surface area contributed by atoms with Crippen LogP contribution in [0.15, 0.2) is 65.8 Å². The Morgan fingerprint density at radius 2 is 1.69 bits per heavy atom. The fourth-order valence-corrected chi connectivity index (χ4v) is 5.31. The average molecular weight is 504 g/mol. The number of thioether (sulfide) groups is 1. The van der Waals surface area contributed by atoms with Crippen molar-refractivity contribution in [2.45, 2.75) is 23.8 Å². The van der Waals surface area contributed by atoms with E-state index in [9.17, 15) is 4.79 Å². The van der Waals surface area contributed by atoms with Crippen molar-refractivity contribution >= 4 is 23.5 Å². The van der Waals surface area contributed by atoms with Gasteiger partial charge < -0.3 is 15.0 Å². The molecule has 1 aromatic heterocycles. The maximum absolute atomic E-state index is 12.5. The van der Waals surface area contributed by atoms with Crippen molar-refractivity contribution in [3.05, 3.63) is 71.8 Å². The fourth-order valence-electron chi connectivity index (χ4n) is 4.50. The number of morpholine rings is 1. The van der Waals surface area contributed by atoms with Crippen LogP contribution >= 0.6 is 11.8 Å². The number of anilines is 1. The van der Waals surface area contributed by atoms with Gasteiger partial charge in [-0.25, -0.2) is 9.97 Å². The fraction of sp³-hybridized carbons (Fsp3) is 0.393. The molecule has 0 unspecified atom stereocenters. The molecule has 2 aliphatic rings. The Morgan fingerprint density at radius 1 is 0.944 bits per heavy atom. The third kappa shape index (κ3) is 6.63. The van der Waals surface area contributed by atoms with Gasteiger partial charge in [0.05, 0.1) is 18.9 Å².